The zero-order valence-corrected chi connectivity index (χ0v) is 13.3. The highest BCUT2D eigenvalue weighted by atomic mass is 16.1. The Balaban J connectivity index is 1.44. The highest BCUT2D eigenvalue weighted by Gasteiger charge is 2.22. The number of nitrogens with one attached hydrogen (secondary N) is 1. The molecule has 0 spiro atoms. The molecule has 2 aromatic carbocycles. The van der Waals surface area contributed by atoms with E-state index in [2.05, 4.69) is 34.6 Å². The molecule has 4 rings (SSSR count). The van der Waals surface area contributed by atoms with Crippen LogP contribution in [0.25, 0.3) is 11.1 Å². The SMILES string of the molecule is O=C(NC1Cc2ccccc2C1)c1ccc(-c2cccnc2)cc1. The first kappa shape index (κ1) is 14.6. The summed E-state index contributed by atoms with van der Waals surface area (Å²) in [6.45, 7) is 0. The van der Waals surface area contributed by atoms with Crippen molar-refractivity contribution in [3.63, 3.8) is 0 Å². The van der Waals surface area contributed by atoms with E-state index in [4.69, 9.17) is 0 Å². The van der Waals surface area contributed by atoms with Gasteiger partial charge in [-0.25, -0.2) is 0 Å². The van der Waals surface area contributed by atoms with E-state index in [0.717, 1.165) is 24.0 Å². The number of rotatable bonds is 3. The summed E-state index contributed by atoms with van der Waals surface area (Å²) in [5, 5.41) is 3.15. The summed E-state index contributed by atoms with van der Waals surface area (Å²) in [6.07, 6.45) is 5.40. The van der Waals surface area contributed by atoms with Crippen molar-refractivity contribution >= 4 is 5.91 Å². The number of aromatic nitrogens is 1. The fourth-order valence-electron chi connectivity index (χ4n) is 3.28. The van der Waals surface area contributed by atoms with E-state index in [1.54, 1.807) is 6.20 Å². The van der Waals surface area contributed by atoms with Crippen molar-refractivity contribution in [3.05, 3.63) is 89.7 Å². The lowest BCUT2D eigenvalue weighted by Gasteiger charge is -2.12. The summed E-state index contributed by atoms with van der Waals surface area (Å²) in [6, 6.07) is 20.2. The Morgan fingerprint density at radius 1 is 0.875 bits per heavy atom. The molecular weight excluding hydrogens is 296 g/mol. The molecule has 3 aromatic rings. The van der Waals surface area contributed by atoms with E-state index in [9.17, 15) is 4.79 Å². The van der Waals surface area contributed by atoms with E-state index >= 15 is 0 Å². The van der Waals surface area contributed by atoms with Gasteiger partial charge in [0.15, 0.2) is 0 Å². The zero-order valence-electron chi connectivity index (χ0n) is 13.3. The summed E-state index contributed by atoms with van der Waals surface area (Å²) in [5.41, 5.74) is 5.49. The summed E-state index contributed by atoms with van der Waals surface area (Å²) in [7, 11) is 0. The highest BCUT2D eigenvalue weighted by Crippen LogP contribution is 2.22. The van der Waals surface area contributed by atoms with Crippen molar-refractivity contribution in [3.8, 4) is 11.1 Å². The van der Waals surface area contributed by atoms with Crippen molar-refractivity contribution in [1.29, 1.82) is 0 Å². The molecule has 0 fully saturated rings. The molecule has 1 heterocycles. The molecule has 0 unspecified atom stereocenters. The van der Waals surface area contributed by atoms with Crippen LogP contribution in [0, 0.1) is 0 Å². The van der Waals surface area contributed by atoms with Gasteiger partial charge in [0.05, 0.1) is 0 Å². The van der Waals surface area contributed by atoms with Crippen molar-refractivity contribution in [1.82, 2.24) is 10.3 Å². The molecule has 1 N–H and O–H groups in total. The Bertz CT molecular complexity index is 832. The maximum atomic E-state index is 12.5. The number of pyridine rings is 1. The van der Waals surface area contributed by atoms with Gasteiger partial charge in [-0.3, -0.25) is 9.78 Å². The minimum Gasteiger partial charge on any atom is -0.349 e. The summed E-state index contributed by atoms with van der Waals surface area (Å²) in [4.78, 5) is 16.6. The number of carbonyl (C=O) groups is 1. The molecule has 3 nitrogen and oxygen atoms in total. The quantitative estimate of drug-likeness (QED) is 0.802. The number of hydrogen-bond acceptors (Lipinski definition) is 2. The van der Waals surface area contributed by atoms with E-state index in [0.29, 0.717) is 5.56 Å². The van der Waals surface area contributed by atoms with Crippen molar-refractivity contribution in [2.45, 2.75) is 18.9 Å². The van der Waals surface area contributed by atoms with Crippen LogP contribution in [-0.4, -0.2) is 16.9 Å². The second kappa shape index (κ2) is 6.28. The van der Waals surface area contributed by atoms with Gasteiger partial charge in [-0.05, 0) is 53.3 Å². The molecular formula is C21H18N2O. The fraction of sp³-hybridized carbons (Fsp3) is 0.143. The molecule has 3 heteroatoms. The Morgan fingerprint density at radius 2 is 1.58 bits per heavy atom. The van der Waals surface area contributed by atoms with Gasteiger partial charge in [-0.15, -0.1) is 0 Å². The maximum Gasteiger partial charge on any atom is 0.251 e. The van der Waals surface area contributed by atoms with Crippen molar-refractivity contribution in [2.24, 2.45) is 0 Å². The van der Waals surface area contributed by atoms with Crippen LogP contribution in [0.15, 0.2) is 73.1 Å². The topological polar surface area (TPSA) is 42.0 Å². The molecule has 24 heavy (non-hydrogen) atoms. The average molecular weight is 314 g/mol. The molecule has 0 saturated carbocycles. The van der Waals surface area contributed by atoms with Gasteiger partial charge >= 0.3 is 0 Å². The van der Waals surface area contributed by atoms with Gasteiger partial charge in [0, 0.05) is 24.0 Å². The van der Waals surface area contributed by atoms with Gasteiger partial charge < -0.3 is 5.32 Å². The monoisotopic (exact) mass is 314 g/mol. The minimum atomic E-state index is -0.00876. The smallest absolute Gasteiger partial charge is 0.251 e. The second-order valence-corrected chi connectivity index (χ2v) is 6.17. The third kappa shape index (κ3) is 2.93. The number of carbonyl (C=O) groups excluding carboxylic acids is 1. The third-order valence-corrected chi connectivity index (χ3v) is 4.53. The van der Waals surface area contributed by atoms with Crippen LogP contribution in [-0.2, 0) is 12.8 Å². The lowest BCUT2D eigenvalue weighted by atomic mass is 10.1. The van der Waals surface area contributed by atoms with E-state index in [-0.39, 0.29) is 11.9 Å². The fourth-order valence-corrected chi connectivity index (χ4v) is 3.28. The van der Waals surface area contributed by atoms with Gasteiger partial charge in [0.2, 0.25) is 0 Å². The maximum absolute atomic E-state index is 12.5. The summed E-state index contributed by atoms with van der Waals surface area (Å²) >= 11 is 0. The first-order valence-corrected chi connectivity index (χ1v) is 8.18. The van der Waals surface area contributed by atoms with Crippen LogP contribution in [0.2, 0.25) is 0 Å². The van der Waals surface area contributed by atoms with E-state index in [1.807, 2.05) is 42.6 Å². The minimum absolute atomic E-state index is 0.00876. The molecule has 1 aliphatic rings. The average Bonchev–Trinajstić information content (AvgIpc) is 3.05. The molecule has 0 bridgehead atoms. The number of nitrogens with zero attached hydrogens (tertiary/aromatic N) is 1. The lowest BCUT2D eigenvalue weighted by molar-refractivity contribution is 0.0938. The van der Waals surface area contributed by atoms with Gasteiger partial charge in [-0.1, -0.05) is 42.5 Å². The van der Waals surface area contributed by atoms with Crippen molar-refractivity contribution < 1.29 is 4.79 Å². The number of benzene rings is 2. The van der Waals surface area contributed by atoms with Crippen LogP contribution in [0.3, 0.4) is 0 Å². The zero-order chi connectivity index (χ0) is 16.4. The van der Waals surface area contributed by atoms with Crippen LogP contribution >= 0.6 is 0 Å². The van der Waals surface area contributed by atoms with Gasteiger partial charge in [-0.2, -0.15) is 0 Å². The standard InChI is InChI=1S/C21H18N2O/c24-21(23-20-12-17-4-1-2-5-18(17)13-20)16-9-7-15(8-10-16)19-6-3-11-22-14-19/h1-11,14,20H,12-13H2,(H,23,24). The first-order chi connectivity index (χ1) is 11.8. The Kier molecular flexibility index (Phi) is 3.83. The molecule has 1 amide bonds. The Labute approximate surface area is 141 Å². The number of hydrogen-bond donors (Lipinski definition) is 1. The van der Waals surface area contributed by atoms with Gasteiger partial charge in [0.25, 0.3) is 5.91 Å². The largest absolute Gasteiger partial charge is 0.349 e. The van der Waals surface area contributed by atoms with E-state index in [1.165, 1.54) is 11.1 Å². The Hall–Kier alpha value is -2.94. The molecule has 1 aromatic heterocycles. The second-order valence-electron chi connectivity index (χ2n) is 6.17. The van der Waals surface area contributed by atoms with Gasteiger partial charge in [0.1, 0.15) is 0 Å². The molecule has 0 aliphatic heterocycles. The number of fused-ring (bicyclic) bond motifs is 1. The molecule has 0 saturated heterocycles. The van der Waals surface area contributed by atoms with Crippen LogP contribution in [0.4, 0.5) is 0 Å². The predicted octanol–water partition coefficient (Wildman–Crippen LogP) is 3.65. The highest BCUT2D eigenvalue weighted by molar-refractivity contribution is 5.95. The summed E-state index contributed by atoms with van der Waals surface area (Å²) < 4.78 is 0. The predicted molar refractivity (Wildman–Crippen MR) is 94.8 cm³/mol. The molecule has 118 valence electrons. The summed E-state index contributed by atoms with van der Waals surface area (Å²) in [5.74, 6) is -0.00876. The van der Waals surface area contributed by atoms with Crippen molar-refractivity contribution in [2.75, 3.05) is 0 Å². The molecule has 0 radical (unpaired) electrons. The molecule has 0 atom stereocenters. The van der Waals surface area contributed by atoms with Crippen LogP contribution < -0.4 is 5.32 Å². The lowest BCUT2D eigenvalue weighted by Crippen LogP contribution is -2.35. The van der Waals surface area contributed by atoms with Crippen LogP contribution in [0.5, 0.6) is 0 Å². The van der Waals surface area contributed by atoms with E-state index < -0.39 is 0 Å². The first-order valence-electron chi connectivity index (χ1n) is 8.18. The number of amides is 1. The normalized spacial score (nSPS) is 13.5. The van der Waals surface area contributed by atoms with Crippen LogP contribution in [0.1, 0.15) is 21.5 Å². The Morgan fingerprint density at radius 3 is 2.21 bits per heavy atom. The molecule has 1 aliphatic carbocycles. The third-order valence-electron chi connectivity index (χ3n) is 4.53.